The Morgan fingerprint density at radius 3 is 2.52 bits per heavy atom. The number of carboxylic acid groups (broad SMARTS) is 1. The van der Waals surface area contributed by atoms with E-state index in [-0.39, 0.29) is 6.42 Å². The number of carboxylic acids is 1. The Morgan fingerprint density at radius 2 is 1.72 bits per heavy atom. The van der Waals surface area contributed by atoms with E-state index < -0.39 is 5.97 Å². The van der Waals surface area contributed by atoms with Crippen LogP contribution in [0, 0.1) is 0 Å². The van der Waals surface area contributed by atoms with Crippen molar-refractivity contribution in [1.29, 1.82) is 0 Å². The second-order valence-corrected chi connectivity index (χ2v) is 7.51. The summed E-state index contributed by atoms with van der Waals surface area (Å²) in [6.45, 7) is 0.596. The van der Waals surface area contributed by atoms with Crippen molar-refractivity contribution < 1.29 is 14.6 Å². The molecule has 0 aliphatic carbocycles. The first-order chi connectivity index (χ1) is 14.0. The van der Waals surface area contributed by atoms with Crippen molar-refractivity contribution in [2.75, 3.05) is 0 Å². The molecule has 4 nitrogen and oxygen atoms in total. The van der Waals surface area contributed by atoms with E-state index in [0.29, 0.717) is 28.1 Å². The lowest BCUT2D eigenvalue weighted by Crippen LogP contribution is -2.00. The molecule has 0 atom stereocenters. The van der Waals surface area contributed by atoms with E-state index in [1.165, 1.54) is 0 Å². The zero-order chi connectivity index (χ0) is 20.4. The SMILES string of the molecule is O=C(O)Cc1cn(Cc2cccc(Oc3ccc(Cl)c(Cl)c3)c2)c2ccccc12. The number of hydrogen-bond acceptors (Lipinski definition) is 2. The van der Waals surface area contributed by atoms with Crippen LogP contribution < -0.4 is 4.74 Å². The van der Waals surface area contributed by atoms with Gasteiger partial charge in [0, 0.05) is 29.7 Å². The lowest BCUT2D eigenvalue weighted by Gasteiger charge is -2.10. The smallest absolute Gasteiger partial charge is 0.307 e. The van der Waals surface area contributed by atoms with Gasteiger partial charge in [0.15, 0.2) is 0 Å². The van der Waals surface area contributed by atoms with Crippen molar-refractivity contribution in [3.63, 3.8) is 0 Å². The van der Waals surface area contributed by atoms with Gasteiger partial charge in [-0.25, -0.2) is 0 Å². The lowest BCUT2D eigenvalue weighted by atomic mass is 10.1. The minimum absolute atomic E-state index is 0.00596. The van der Waals surface area contributed by atoms with Crippen LogP contribution in [0.2, 0.25) is 10.0 Å². The molecule has 1 aromatic heterocycles. The van der Waals surface area contributed by atoms with Gasteiger partial charge in [-0.05, 0) is 41.5 Å². The van der Waals surface area contributed by atoms with E-state index in [9.17, 15) is 9.90 Å². The molecule has 1 heterocycles. The van der Waals surface area contributed by atoms with Crippen molar-refractivity contribution in [3.05, 3.63) is 94.1 Å². The number of aromatic nitrogens is 1. The molecular formula is C23H17Cl2NO3. The fourth-order valence-corrected chi connectivity index (χ4v) is 3.63. The van der Waals surface area contributed by atoms with Gasteiger partial charge in [0.1, 0.15) is 11.5 Å². The zero-order valence-corrected chi connectivity index (χ0v) is 16.8. The molecule has 6 heteroatoms. The number of aliphatic carboxylic acids is 1. The van der Waals surface area contributed by atoms with Crippen LogP contribution >= 0.6 is 23.2 Å². The molecule has 29 heavy (non-hydrogen) atoms. The average Bonchev–Trinajstić information content (AvgIpc) is 3.02. The Kier molecular flexibility index (Phi) is 5.47. The van der Waals surface area contributed by atoms with E-state index >= 15 is 0 Å². The second kappa shape index (κ2) is 8.19. The van der Waals surface area contributed by atoms with Crippen molar-refractivity contribution >= 4 is 40.1 Å². The predicted molar refractivity (Wildman–Crippen MR) is 115 cm³/mol. The minimum atomic E-state index is -0.843. The number of para-hydroxylation sites is 1. The molecular weight excluding hydrogens is 409 g/mol. The van der Waals surface area contributed by atoms with Crippen molar-refractivity contribution in [2.45, 2.75) is 13.0 Å². The van der Waals surface area contributed by atoms with Crippen molar-refractivity contribution in [1.82, 2.24) is 4.57 Å². The topological polar surface area (TPSA) is 51.5 Å². The summed E-state index contributed by atoms with van der Waals surface area (Å²) in [4.78, 5) is 11.2. The summed E-state index contributed by atoms with van der Waals surface area (Å²) < 4.78 is 7.97. The van der Waals surface area contributed by atoms with E-state index in [1.807, 2.05) is 54.7 Å². The highest BCUT2D eigenvalue weighted by Crippen LogP contribution is 2.30. The first-order valence-electron chi connectivity index (χ1n) is 9.00. The largest absolute Gasteiger partial charge is 0.481 e. The molecule has 0 bridgehead atoms. The number of nitrogens with zero attached hydrogens (tertiary/aromatic N) is 1. The van der Waals surface area contributed by atoms with Crippen LogP contribution in [0.4, 0.5) is 0 Å². The molecule has 0 saturated carbocycles. The summed E-state index contributed by atoms with van der Waals surface area (Å²) in [5.41, 5.74) is 2.83. The maximum Gasteiger partial charge on any atom is 0.307 e. The monoisotopic (exact) mass is 425 g/mol. The van der Waals surface area contributed by atoms with Gasteiger partial charge in [-0.2, -0.15) is 0 Å². The van der Waals surface area contributed by atoms with Crippen LogP contribution in [-0.4, -0.2) is 15.6 Å². The molecule has 146 valence electrons. The standard InChI is InChI=1S/C23H17Cl2NO3/c24-20-9-8-18(12-21(20)25)29-17-5-3-4-15(10-17)13-26-14-16(11-23(27)28)19-6-1-2-7-22(19)26/h1-10,12,14H,11,13H2,(H,27,28). The fourth-order valence-electron chi connectivity index (χ4n) is 3.34. The highest BCUT2D eigenvalue weighted by atomic mass is 35.5. The number of hydrogen-bond donors (Lipinski definition) is 1. The maximum atomic E-state index is 11.2. The predicted octanol–water partition coefficient (Wildman–Crippen LogP) is 6.42. The fraction of sp³-hybridized carbons (Fsp3) is 0.0870. The second-order valence-electron chi connectivity index (χ2n) is 6.70. The summed E-state index contributed by atoms with van der Waals surface area (Å²) in [7, 11) is 0. The van der Waals surface area contributed by atoms with Gasteiger partial charge >= 0.3 is 5.97 Å². The Labute approximate surface area is 177 Å². The van der Waals surface area contributed by atoms with Gasteiger partial charge in [-0.1, -0.05) is 53.5 Å². The van der Waals surface area contributed by atoms with Crippen molar-refractivity contribution in [3.8, 4) is 11.5 Å². The molecule has 4 rings (SSSR count). The average molecular weight is 426 g/mol. The number of rotatable bonds is 6. The third-order valence-corrected chi connectivity index (χ3v) is 5.33. The number of benzene rings is 3. The molecule has 3 aromatic carbocycles. The molecule has 0 saturated heterocycles. The highest BCUT2D eigenvalue weighted by Gasteiger charge is 2.11. The third-order valence-electron chi connectivity index (χ3n) is 4.59. The highest BCUT2D eigenvalue weighted by molar-refractivity contribution is 6.42. The molecule has 4 aromatic rings. The summed E-state index contributed by atoms with van der Waals surface area (Å²) in [6.07, 6.45) is 1.90. The van der Waals surface area contributed by atoms with E-state index in [2.05, 4.69) is 4.57 Å². The van der Waals surface area contributed by atoms with E-state index in [4.69, 9.17) is 27.9 Å². The summed E-state index contributed by atoms with van der Waals surface area (Å²) in [5.74, 6) is 0.444. The van der Waals surface area contributed by atoms with Gasteiger partial charge in [-0.15, -0.1) is 0 Å². The molecule has 0 amide bonds. The van der Waals surface area contributed by atoms with Crippen LogP contribution in [0.3, 0.4) is 0 Å². The Hall–Kier alpha value is -2.95. The minimum Gasteiger partial charge on any atom is -0.481 e. The van der Waals surface area contributed by atoms with Gasteiger partial charge < -0.3 is 14.4 Å². The van der Waals surface area contributed by atoms with Gasteiger partial charge in [0.05, 0.1) is 16.5 Å². The van der Waals surface area contributed by atoms with Gasteiger partial charge in [0.25, 0.3) is 0 Å². The van der Waals surface area contributed by atoms with Crippen LogP contribution in [0.1, 0.15) is 11.1 Å². The zero-order valence-electron chi connectivity index (χ0n) is 15.3. The van der Waals surface area contributed by atoms with Crippen LogP contribution in [0.5, 0.6) is 11.5 Å². The molecule has 0 radical (unpaired) electrons. The number of fused-ring (bicyclic) bond motifs is 1. The van der Waals surface area contributed by atoms with Gasteiger partial charge in [0.2, 0.25) is 0 Å². The molecule has 0 spiro atoms. The lowest BCUT2D eigenvalue weighted by molar-refractivity contribution is -0.136. The van der Waals surface area contributed by atoms with Gasteiger partial charge in [-0.3, -0.25) is 4.79 Å². The Bertz CT molecular complexity index is 1200. The molecule has 1 N–H and O–H groups in total. The first-order valence-corrected chi connectivity index (χ1v) is 9.75. The molecule has 0 unspecified atom stereocenters. The van der Waals surface area contributed by atoms with Crippen LogP contribution in [-0.2, 0) is 17.8 Å². The van der Waals surface area contributed by atoms with E-state index in [1.54, 1.807) is 18.2 Å². The van der Waals surface area contributed by atoms with E-state index in [0.717, 1.165) is 22.0 Å². The van der Waals surface area contributed by atoms with Crippen LogP contribution in [0.15, 0.2) is 72.9 Å². The first kappa shape index (κ1) is 19.4. The molecule has 0 fully saturated rings. The Balaban J connectivity index is 1.61. The summed E-state index contributed by atoms with van der Waals surface area (Å²) >= 11 is 12.0. The molecule has 0 aliphatic heterocycles. The van der Waals surface area contributed by atoms with Crippen molar-refractivity contribution in [2.24, 2.45) is 0 Å². The quantitative estimate of drug-likeness (QED) is 0.387. The number of carbonyl (C=O) groups is 1. The normalized spacial score (nSPS) is 11.0. The third kappa shape index (κ3) is 4.39. The summed E-state index contributed by atoms with van der Waals surface area (Å²) in [6, 6.07) is 20.7. The maximum absolute atomic E-state index is 11.2. The summed E-state index contributed by atoms with van der Waals surface area (Å²) in [5, 5.41) is 11.1. The number of halogens is 2. The molecule has 0 aliphatic rings. The van der Waals surface area contributed by atoms with Crippen LogP contribution in [0.25, 0.3) is 10.9 Å². The Morgan fingerprint density at radius 1 is 0.931 bits per heavy atom. The number of ether oxygens (including phenoxy) is 1.